The predicted molar refractivity (Wildman–Crippen MR) is 49.5 cm³/mol. The minimum Gasteiger partial charge on any atom is -0.207 e. The van der Waals surface area contributed by atoms with E-state index in [1.165, 1.54) is 6.07 Å². The van der Waals surface area contributed by atoms with E-state index >= 15 is 0 Å². The fourth-order valence-electron chi connectivity index (χ4n) is 1.05. The van der Waals surface area contributed by atoms with Crippen LogP contribution >= 0.6 is 0 Å². The molecule has 0 bridgehead atoms. The highest BCUT2D eigenvalue weighted by Crippen LogP contribution is 2.08. The van der Waals surface area contributed by atoms with Crippen molar-refractivity contribution in [3.63, 3.8) is 0 Å². The van der Waals surface area contributed by atoms with Gasteiger partial charge in [0.15, 0.2) is 0 Å². The fraction of sp³-hybridized carbons (Fsp3) is 0.273. The minimum atomic E-state index is -0.158. The molecule has 0 amide bonds. The summed E-state index contributed by atoms with van der Waals surface area (Å²) in [7, 11) is 0. The molecule has 0 fully saturated rings. The normalized spacial score (nSPS) is 9.83. The molecule has 1 heteroatoms. The topological polar surface area (TPSA) is 0 Å². The van der Waals surface area contributed by atoms with Crippen molar-refractivity contribution in [2.75, 3.05) is 0 Å². The highest BCUT2D eigenvalue weighted by atomic mass is 19.1. The molecule has 0 aliphatic rings. The Kier molecular flexibility index (Phi) is 3.03. The summed E-state index contributed by atoms with van der Waals surface area (Å²) < 4.78 is 12.7. The molecule has 1 aromatic rings. The molecule has 0 atom stereocenters. The van der Waals surface area contributed by atoms with Crippen molar-refractivity contribution >= 4 is 0 Å². The van der Waals surface area contributed by atoms with Gasteiger partial charge in [-0.2, -0.15) is 0 Å². The number of hydrogen-bond acceptors (Lipinski definition) is 0. The minimum absolute atomic E-state index is 0.158. The number of halogens is 1. The highest BCUT2D eigenvalue weighted by molar-refractivity contribution is 5.17. The molecule has 0 N–H and O–H groups in total. The number of rotatable bonds is 3. The van der Waals surface area contributed by atoms with Gasteiger partial charge in [-0.3, -0.25) is 0 Å². The predicted octanol–water partition coefficient (Wildman–Crippen LogP) is 3.33. The summed E-state index contributed by atoms with van der Waals surface area (Å²) in [5.74, 6) is -0.158. The summed E-state index contributed by atoms with van der Waals surface area (Å²) in [6, 6.07) is 6.71. The number of allylic oxidation sites excluding steroid dienone is 1. The van der Waals surface area contributed by atoms with Crippen LogP contribution in [0.1, 0.15) is 18.9 Å². The first kappa shape index (κ1) is 8.98. The molecule has 0 aliphatic carbocycles. The van der Waals surface area contributed by atoms with Crippen LogP contribution in [0.25, 0.3) is 0 Å². The zero-order valence-corrected chi connectivity index (χ0v) is 7.31. The lowest BCUT2D eigenvalue weighted by atomic mass is 10.1. The van der Waals surface area contributed by atoms with Gasteiger partial charge in [-0.25, -0.2) is 4.39 Å². The van der Waals surface area contributed by atoms with E-state index in [4.69, 9.17) is 0 Å². The Bertz CT molecular complexity index is 276. The summed E-state index contributed by atoms with van der Waals surface area (Å²) in [4.78, 5) is 0. The first-order valence-electron chi connectivity index (χ1n) is 4.07. The Morgan fingerprint density at radius 2 is 2.25 bits per heavy atom. The second-order valence-electron chi connectivity index (χ2n) is 3.09. The van der Waals surface area contributed by atoms with Gasteiger partial charge < -0.3 is 0 Å². The van der Waals surface area contributed by atoms with Gasteiger partial charge in [0.1, 0.15) is 5.82 Å². The molecule has 0 saturated carbocycles. The summed E-state index contributed by atoms with van der Waals surface area (Å²) in [6.07, 6.45) is 1.82. The first-order valence-corrected chi connectivity index (χ1v) is 4.07. The van der Waals surface area contributed by atoms with Gasteiger partial charge in [-0.1, -0.05) is 17.7 Å². The van der Waals surface area contributed by atoms with Crippen molar-refractivity contribution < 1.29 is 4.39 Å². The van der Waals surface area contributed by atoms with Crippen LogP contribution in [0.3, 0.4) is 0 Å². The smallest absolute Gasteiger partial charge is 0.123 e. The van der Waals surface area contributed by atoms with Crippen molar-refractivity contribution in [2.45, 2.75) is 19.8 Å². The first-order chi connectivity index (χ1) is 5.68. The van der Waals surface area contributed by atoms with Crippen LogP contribution in [0.4, 0.5) is 4.39 Å². The fourth-order valence-corrected chi connectivity index (χ4v) is 1.05. The molecule has 1 rings (SSSR count). The maximum absolute atomic E-state index is 12.7. The van der Waals surface area contributed by atoms with Crippen molar-refractivity contribution in [3.8, 4) is 0 Å². The zero-order valence-electron chi connectivity index (χ0n) is 7.31. The van der Waals surface area contributed by atoms with E-state index in [2.05, 4.69) is 6.58 Å². The van der Waals surface area contributed by atoms with Crippen LogP contribution in [-0.2, 0) is 6.42 Å². The van der Waals surface area contributed by atoms with Crippen LogP contribution in [0, 0.1) is 5.82 Å². The largest absolute Gasteiger partial charge is 0.207 e. The number of benzene rings is 1. The standard InChI is InChI=1S/C11H13F/c1-9(2)6-7-10-4-3-5-11(12)8-10/h3-5,8H,1,6-7H2,2H3. The Morgan fingerprint density at radius 3 is 2.83 bits per heavy atom. The molecular weight excluding hydrogens is 151 g/mol. The molecule has 0 radical (unpaired) electrons. The highest BCUT2D eigenvalue weighted by Gasteiger charge is 1.94. The molecule has 12 heavy (non-hydrogen) atoms. The zero-order chi connectivity index (χ0) is 8.97. The van der Waals surface area contributed by atoms with Crippen LogP contribution in [0.5, 0.6) is 0 Å². The quantitative estimate of drug-likeness (QED) is 0.601. The maximum atomic E-state index is 12.7. The van der Waals surface area contributed by atoms with Crippen LogP contribution < -0.4 is 0 Å². The third kappa shape index (κ3) is 2.87. The van der Waals surface area contributed by atoms with Crippen molar-refractivity contribution in [1.82, 2.24) is 0 Å². The Morgan fingerprint density at radius 1 is 1.50 bits per heavy atom. The third-order valence-electron chi connectivity index (χ3n) is 1.73. The molecular formula is C11H13F. The van der Waals surface area contributed by atoms with E-state index in [9.17, 15) is 4.39 Å². The second kappa shape index (κ2) is 4.05. The lowest BCUT2D eigenvalue weighted by Gasteiger charge is -2.00. The average Bonchev–Trinajstić information content (AvgIpc) is 2.01. The Balaban J connectivity index is 2.57. The summed E-state index contributed by atoms with van der Waals surface area (Å²) in [6.45, 7) is 5.78. The summed E-state index contributed by atoms with van der Waals surface area (Å²) in [5.41, 5.74) is 2.18. The third-order valence-corrected chi connectivity index (χ3v) is 1.73. The van der Waals surface area contributed by atoms with Gasteiger partial charge in [-0.05, 0) is 37.5 Å². The monoisotopic (exact) mass is 164 g/mol. The van der Waals surface area contributed by atoms with Crippen LogP contribution in [0.15, 0.2) is 36.4 Å². The van der Waals surface area contributed by atoms with E-state index in [0.717, 1.165) is 24.0 Å². The maximum Gasteiger partial charge on any atom is 0.123 e. The Labute approximate surface area is 72.7 Å². The molecule has 0 spiro atoms. The number of aryl methyl sites for hydroxylation is 1. The lowest BCUT2D eigenvalue weighted by molar-refractivity contribution is 0.625. The Hall–Kier alpha value is -1.11. The van der Waals surface area contributed by atoms with Gasteiger partial charge in [0.2, 0.25) is 0 Å². The lowest BCUT2D eigenvalue weighted by Crippen LogP contribution is -1.86. The van der Waals surface area contributed by atoms with E-state index in [1.807, 2.05) is 13.0 Å². The van der Waals surface area contributed by atoms with Gasteiger partial charge in [0, 0.05) is 0 Å². The molecule has 0 aliphatic heterocycles. The van der Waals surface area contributed by atoms with Crippen LogP contribution in [0.2, 0.25) is 0 Å². The molecule has 64 valence electrons. The van der Waals surface area contributed by atoms with E-state index in [-0.39, 0.29) is 5.82 Å². The van der Waals surface area contributed by atoms with Crippen molar-refractivity contribution in [2.24, 2.45) is 0 Å². The van der Waals surface area contributed by atoms with Gasteiger partial charge >= 0.3 is 0 Å². The molecule has 1 aromatic carbocycles. The molecule has 0 heterocycles. The number of hydrogen-bond donors (Lipinski definition) is 0. The SMILES string of the molecule is C=C(C)CCc1cccc(F)c1. The summed E-state index contributed by atoms with van der Waals surface area (Å²) >= 11 is 0. The van der Waals surface area contributed by atoms with Gasteiger partial charge in [-0.15, -0.1) is 6.58 Å². The molecule has 0 saturated heterocycles. The van der Waals surface area contributed by atoms with E-state index in [0.29, 0.717) is 0 Å². The molecule has 0 aromatic heterocycles. The van der Waals surface area contributed by atoms with Gasteiger partial charge in [0.05, 0.1) is 0 Å². The average molecular weight is 164 g/mol. The summed E-state index contributed by atoms with van der Waals surface area (Å²) in [5, 5.41) is 0. The van der Waals surface area contributed by atoms with Gasteiger partial charge in [0.25, 0.3) is 0 Å². The second-order valence-corrected chi connectivity index (χ2v) is 3.09. The van der Waals surface area contributed by atoms with Crippen molar-refractivity contribution in [3.05, 3.63) is 47.8 Å². The van der Waals surface area contributed by atoms with Crippen molar-refractivity contribution in [1.29, 1.82) is 0 Å². The van der Waals surface area contributed by atoms with Crippen LogP contribution in [-0.4, -0.2) is 0 Å². The molecule has 0 unspecified atom stereocenters. The van der Waals surface area contributed by atoms with E-state index in [1.54, 1.807) is 12.1 Å². The molecule has 0 nitrogen and oxygen atoms in total. The van der Waals surface area contributed by atoms with E-state index < -0.39 is 0 Å².